The van der Waals surface area contributed by atoms with Gasteiger partial charge in [-0.2, -0.15) is 0 Å². The largest absolute Gasteiger partial charge is 0.495 e. The normalized spacial score (nSPS) is 11.0. The third-order valence-electron chi connectivity index (χ3n) is 3.90. The van der Waals surface area contributed by atoms with Gasteiger partial charge >= 0.3 is 0 Å². The predicted octanol–water partition coefficient (Wildman–Crippen LogP) is 5.47. The molecule has 0 bridgehead atoms. The van der Waals surface area contributed by atoms with E-state index < -0.39 is 0 Å². The van der Waals surface area contributed by atoms with Gasteiger partial charge in [-0.3, -0.25) is 10.1 Å². The van der Waals surface area contributed by atoms with Crippen LogP contribution in [-0.4, -0.2) is 18.0 Å². The molecule has 6 heteroatoms. The molecule has 0 fully saturated rings. The fraction of sp³-hybridized carbons (Fsp3) is 0.0526. The Hall–Kier alpha value is -2.44. The summed E-state index contributed by atoms with van der Waals surface area (Å²) in [5.74, 6) is 0.264. The molecule has 3 aromatic carbocycles. The Morgan fingerprint density at radius 2 is 1.92 bits per heavy atom. The van der Waals surface area contributed by atoms with Gasteiger partial charge in [0.05, 0.1) is 27.4 Å². The van der Waals surface area contributed by atoms with Crippen molar-refractivity contribution >= 4 is 59.3 Å². The second-order valence-corrected chi connectivity index (χ2v) is 7.26. The highest BCUT2D eigenvalue weighted by atomic mass is 79.9. The number of benzene rings is 3. The van der Waals surface area contributed by atoms with Crippen molar-refractivity contribution in [1.82, 2.24) is 4.98 Å². The number of para-hydroxylation sites is 1. The zero-order valence-electron chi connectivity index (χ0n) is 13.2. The second kappa shape index (κ2) is 6.46. The Balaban J connectivity index is 1.76. The predicted molar refractivity (Wildman–Crippen MR) is 106 cm³/mol. The molecule has 0 aliphatic carbocycles. The van der Waals surface area contributed by atoms with Crippen molar-refractivity contribution in [2.45, 2.75) is 0 Å². The summed E-state index contributed by atoms with van der Waals surface area (Å²) in [6.45, 7) is 0. The molecule has 4 aromatic rings. The summed E-state index contributed by atoms with van der Waals surface area (Å²) < 4.78 is 7.28. The molecule has 4 rings (SSSR count). The van der Waals surface area contributed by atoms with E-state index in [9.17, 15) is 4.79 Å². The number of hydrogen-bond acceptors (Lipinski definition) is 4. The molecule has 0 unspecified atom stereocenters. The van der Waals surface area contributed by atoms with E-state index in [1.807, 2.05) is 54.6 Å². The zero-order valence-corrected chi connectivity index (χ0v) is 15.6. The third kappa shape index (κ3) is 2.88. The van der Waals surface area contributed by atoms with Crippen molar-refractivity contribution < 1.29 is 9.53 Å². The maximum absolute atomic E-state index is 12.8. The Morgan fingerprint density at radius 1 is 1.16 bits per heavy atom. The standard InChI is InChI=1S/C19H13BrN2O2S/c1-24-17-13(10-11-6-2-3-7-12(11)16(17)20)18(23)22-19-21-14-8-4-5-9-15(14)25-19/h2-10H,1H3,(H,21,22,23). The van der Waals surface area contributed by atoms with E-state index in [0.717, 1.165) is 25.5 Å². The summed E-state index contributed by atoms with van der Waals surface area (Å²) in [6.07, 6.45) is 0. The van der Waals surface area contributed by atoms with Crippen LogP contribution in [0.4, 0.5) is 5.13 Å². The van der Waals surface area contributed by atoms with Crippen LogP contribution >= 0.6 is 27.3 Å². The lowest BCUT2D eigenvalue weighted by molar-refractivity contribution is 0.102. The number of halogens is 1. The summed E-state index contributed by atoms with van der Waals surface area (Å²) in [5.41, 5.74) is 1.33. The minimum atomic E-state index is -0.248. The third-order valence-corrected chi connectivity index (χ3v) is 5.64. The van der Waals surface area contributed by atoms with E-state index in [1.54, 1.807) is 7.11 Å². The van der Waals surface area contributed by atoms with Gasteiger partial charge in [0.1, 0.15) is 5.75 Å². The van der Waals surface area contributed by atoms with Crippen LogP contribution in [0.25, 0.3) is 21.0 Å². The number of anilines is 1. The van der Waals surface area contributed by atoms with Crippen LogP contribution in [0.2, 0.25) is 0 Å². The highest BCUT2D eigenvalue weighted by Crippen LogP contribution is 2.37. The average Bonchev–Trinajstić information content (AvgIpc) is 3.03. The average molecular weight is 413 g/mol. The number of rotatable bonds is 3. The Labute approximate surface area is 156 Å². The first-order valence-corrected chi connectivity index (χ1v) is 9.20. The van der Waals surface area contributed by atoms with Gasteiger partial charge in [0.15, 0.2) is 5.13 Å². The molecule has 0 atom stereocenters. The van der Waals surface area contributed by atoms with E-state index in [2.05, 4.69) is 26.2 Å². The van der Waals surface area contributed by atoms with Crippen LogP contribution in [0.3, 0.4) is 0 Å². The molecular formula is C19H13BrN2O2S. The highest BCUT2D eigenvalue weighted by molar-refractivity contribution is 9.10. The number of thiazole rings is 1. The van der Waals surface area contributed by atoms with Crippen molar-refractivity contribution in [3.8, 4) is 5.75 Å². The monoisotopic (exact) mass is 412 g/mol. The number of methoxy groups -OCH3 is 1. The topological polar surface area (TPSA) is 51.2 Å². The molecule has 25 heavy (non-hydrogen) atoms. The minimum Gasteiger partial charge on any atom is -0.495 e. The lowest BCUT2D eigenvalue weighted by Gasteiger charge is -2.12. The fourth-order valence-corrected chi connectivity index (χ4v) is 4.34. The lowest BCUT2D eigenvalue weighted by atomic mass is 10.1. The van der Waals surface area contributed by atoms with Gasteiger partial charge < -0.3 is 4.74 Å². The van der Waals surface area contributed by atoms with E-state index in [-0.39, 0.29) is 5.91 Å². The summed E-state index contributed by atoms with van der Waals surface area (Å²) in [7, 11) is 1.56. The maximum Gasteiger partial charge on any atom is 0.261 e. The number of fused-ring (bicyclic) bond motifs is 2. The molecule has 0 radical (unpaired) electrons. The van der Waals surface area contributed by atoms with E-state index in [4.69, 9.17) is 4.74 Å². The van der Waals surface area contributed by atoms with Crippen molar-refractivity contribution in [2.24, 2.45) is 0 Å². The zero-order chi connectivity index (χ0) is 17.4. The molecule has 0 saturated heterocycles. The summed E-state index contributed by atoms with van der Waals surface area (Å²) in [6, 6.07) is 17.5. The van der Waals surface area contributed by atoms with Gasteiger partial charge in [0, 0.05) is 0 Å². The first-order chi connectivity index (χ1) is 12.2. The van der Waals surface area contributed by atoms with Crippen LogP contribution in [-0.2, 0) is 0 Å². The number of hydrogen-bond donors (Lipinski definition) is 1. The van der Waals surface area contributed by atoms with Crippen LogP contribution < -0.4 is 10.1 Å². The number of ether oxygens (including phenoxy) is 1. The molecule has 1 N–H and O–H groups in total. The first kappa shape index (κ1) is 16.1. The van der Waals surface area contributed by atoms with E-state index >= 15 is 0 Å². The molecule has 0 saturated carbocycles. The van der Waals surface area contributed by atoms with Gasteiger partial charge in [-0.15, -0.1) is 0 Å². The molecule has 4 nitrogen and oxygen atoms in total. The summed E-state index contributed by atoms with van der Waals surface area (Å²) in [5, 5.41) is 5.41. The number of nitrogens with zero attached hydrogens (tertiary/aromatic N) is 1. The van der Waals surface area contributed by atoms with E-state index in [0.29, 0.717) is 16.4 Å². The Kier molecular flexibility index (Phi) is 4.15. The Morgan fingerprint density at radius 3 is 2.72 bits per heavy atom. The number of aromatic nitrogens is 1. The molecule has 1 amide bonds. The van der Waals surface area contributed by atoms with Crippen LogP contribution in [0.1, 0.15) is 10.4 Å². The first-order valence-electron chi connectivity index (χ1n) is 7.59. The summed E-state index contributed by atoms with van der Waals surface area (Å²) in [4.78, 5) is 17.3. The molecular weight excluding hydrogens is 400 g/mol. The number of nitrogens with one attached hydrogen (secondary N) is 1. The minimum absolute atomic E-state index is 0.248. The molecule has 124 valence electrons. The van der Waals surface area contributed by atoms with Crippen molar-refractivity contribution in [3.63, 3.8) is 0 Å². The van der Waals surface area contributed by atoms with Crippen LogP contribution in [0.15, 0.2) is 59.1 Å². The SMILES string of the molecule is COc1c(C(=O)Nc2nc3ccccc3s2)cc2ccccc2c1Br. The van der Waals surface area contributed by atoms with Crippen LogP contribution in [0.5, 0.6) is 5.75 Å². The lowest BCUT2D eigenvalue weighted by Crippen LogP contribution is -2.13. The molecule has 0 aliphatic heterocycles. The number of amides is 1. The van der Waals surface area contributed by atoms with Crippen molar-refractivity contribution in [3.05, 3.63) is 64.6 Å². The molecule has 1 aromatic heterocycles. The quantitative estimate of drug-likeness (QED) is 0.485. The Bertz CT molecular complexity index is 1070. The summed E-state index contributed by atoms with van der Waals surface area (Å²) >= 11 is 5.00. The van der Waals surface area contributed by atoms with Gasteiger partial charge in [-0.1, -0.05) is 47.7 Å². The van der Waals surface area contributed by atoms with Gasteiger partial charge in [-0.25, -0.2) is 4.98 Å². The van der Waals surface area contributed by atoms with Gasteiger partial charge in [0.2, 0.25) is 0 Å². The highest BCUT2D eigenvalue weighted by Gasteiger charge is 2.19. The second-order valence-electron chi connectivity index (χ2n) is 5.43. The maximum atomic E-state index is 12.8. The van der Waals surface area contributed by atoms with Crippen molar-refractivity contribution in [1.29, 1.82) is 0 Å². The molecule has 1 heterocycles. The van der Waals surface area contributed by atoms with Gasteiger partial charge in [-0.05, 0) is 44.9 Å². The smallest absolute Gasteiger partial charge is 0.261 e. The molecule has 0 aliphatic rings. The van der Waals surface area contributed by atoms with Crippen molar-refractivity contribution in [2.75, 3.05) is 12.4 Å². The van der Waals surface area contributed by atoms with E-state index in [1.165, 1.54) is 11.3 Å². The number of carbonyl (C=O) groups is 1. The van der Waals surface area contributed by atoms with Crippen LogP contribution in [0, 0.1) is 0 Å². The number of carbonyl (C=O) groups excluding carboxylic acids is 1. The molecule has 0 spiro atoms. The van der Waals surface area contributed by atoms with Gasteiger partial charge in [0.25, 0.3) is 5.91 Å². The fourth-order valence-electron chi connectivity index (χ4n) is 2.74.